The number of carbonyl (C=O) groups is 1. The van der Waals surface area contributed by atoms with Gasteiger partial charge in [0.2, 0.25) is 0 Å². The highest BCUT2D eigenvalue weighted by molar-refractivity contribution is 5.92. The zero-order valence-electron chi connectivity index (χ0n) is 14.9. The van der Waals surface area contributed by atoms with Gasteiger partial charge in [-0.05, 0) is 42.3 Å². The SMILES string of the molecule is Cc1ccccc1/C=N/OCC(=O)Nc1ccc(N2CCOCC2)cc1. The second-order valence-corrected chi connectivity index (χ2v) is 6.06. The van der Waals surface area contributed by atoms with Gasteiger partial charge in [-0.3, -0.25) is 4.79 Å². The molecule has 0 unspecified atom stereocenters. The number of benzene rings is 2. The third-order valence-corrected chi connectivity index (χ3v) is 4.18. The Morgan fingerprint density at radius 3 is 2.65 bits per heavy atom. The number of hydrogen-bond donors (Lipinski definition) is 1. The molecule has 2 aromatic carbocycles. The van der Waals surface area contributed by atoms with Crippen LogP contribution < -0.4 is 10.2 Å². The summed E-state index contributed by atoms with van der Waals surface area (Å²) >= 11 is 0. The van der Waals surface area contributed by atoms with Gasteiger partial charge in [-0.2, -0.15) is 0 Å². The summed E-state index contributed by atoms with van der Waals surface area (Å²) in [7, 11) is 0. The summed E-state index contributed by atoms with van der Waals surface area (Å²) in [6.07, 6.45) is 1.61. The quantitative estimate of drug-likeness (QED) is 0.641. The van der Waals surface area contributed by atoms with Crippen LogP contribution in [0.4, 0.5) is 11.4 Å². The molecule has 1 fully saturated rings. The molecule has 1 aliphatic heterocycles. The van der Waals surface area contributed by atoms with Crippen LogP contribution in [0.2, 0.25) is 0 Å². The lowest BCUT2D eigenvalue weighted by Gasteiger charge is -2.28. The Kier molecular flexibility index (Phi) is 6.22. The number of rotatable bonds is 6. The average Bonchev–Trinajstić information content (AvgIpc) is 2.68. The molecule has 1 saturated heterocycles. The van der Waals surface area contributed by atoms with Gasteiger partial charge in [0.25, 0.3) is 5.91 Å². The van der Waals surface area contributed by atoms with E-state index in [1.165, 1.54) is 0 Å². The van der Waals surface area contributed by atoms with Crippen LogP contribution in [0.3, 0.4) is 0 Å². The number of anilines is 2. The third-order valence-electron chi connectivity index (χ3n) is 4.18. The van der Waals surface area contributed by atoms with Crippen LogP contribution in [0.25, 0.3) is 0 Å². The molecule has 6 heteroatoms. The van der Waals surface area contributed by atoms with Crippen molar-refractivity contribution in [3.8, 4) is 0 Å². The van der Waals surface area contributed by atoms with Crippen LogP contribution in [0, 0.1) is 6.92 Å². The van der Waals surface area contributed by atoms with Crippen molar-refractivity contribution in [2.24, 2.45) is 5.16 Å². The molecule has 0 aromatic heterocycles. The number of hydrogen-bond acceptors (Lipinski definition) is 5. The van der Waals surface area contributed by atoms with Crippen molar-refractivity contribution in [1.82, 2.24) is 0 Å². The number of nitrogens with zero attached hydrogens (tertiary/aromatic N) is 2. The van der Waals surface area contributed by atoms with Gasteiger partial charge in [0, 0.05) is 24.5 Å². The predicted molar refractivity (Wildman–Crippen MR) is 103 cm³/mol. The van der Waals surface area contributed by atoms with Crippen LogP contribution in [-0.2, 0) is 14.4 Å². The minimum atomic E-state index is -0.244. The van der Waals surface area contributed by atoms with Gasteiger partial charge in [0.15, 0.2) is 6.61 Å². The fourth-order valence-electron chi connectivity index (χ4n) is 2.70. The van der Waals surface area contributed by atoms with Gasteiger partial charge in [-0.1, -0.05) is 29.4 Å². The third kappa shape index (κ3) is 5.07. The Morgan fingerprint density at radius 1 is 1.19 bits per heavy atom. The molecule has 0 atom stereocenters. The number of aryl methyl sites for hydroxylation is 1. The summed E-state index contributed by atoms with van der Waals surface area (Å²) in [5.41, 5.74) is 3.93. The molecular formula is C20H23N3O3. The summed E-state index contributed by atoms with van der Waals surface area (Å²) < 4.78 is 5.35. The maximum atomic E-state index is 11.9. The maximum absolute atomic E-state index is 11.9. The molecule has 0 aliphatic carbocycles. The van der Waals surface area contributed by atoms with E-state index in [2.05, 4.69) is 15.4 Å². The van der Waals surface area contributed by atoms with E-state index in [4.69, 9.17) is 9.57 Å². The Labute approximate surface area is 153 Å². The number of morpholine rings is 1. The van der Waals surface area contributed by atoms with Crippen molar-refractivity contribution in [2.75, 3.05) is 43.1 Å². The van der Waals surface area contributed by atoms with Crippen LogP contribution in [0.15, 0.2) is 53.7 Å². The van der Waals surface area contributed by atoms with Crippen molar-refractivity contribution in [2.45, 2.75) is 6.92 Å². The molecule has 1 N–H and O–H groups in total. The largest absolute Gasteiger partial charge is 0.386 e. The maximum Gasteiger partial charge on any atom is 0.265 e. The first kappa shape index (κ1) is 17.9. The second kappa shape index (κ2) is 9.01. The molecule has 1 heterocycles. The lowest BCUT2D eigenvalue weighted by molar-refractivity contribution is -0.120. The molecule has 2 aromatic rings. The fraction of sp³-hybridized carbons (Fsp3) is 0.300. The Hall–Kier alpha value is -2.86. The molecule has 136 valence electrons. The van der Waals surface area contributed by atoms with E-state index in [0.29, 0.717) is 0 Å². The molecule has 0 bridgehead atoms. The Bertz CT molecular complexity index is 753. The van der Waals surface area contributed by atoms with Crippen LogP contribution in [-0.4, -0.2) is 45.0 Å². The first-order valence-corrected chi connectivity index (χ1v) is 8.66. The van der Waals surface area contributed by atoms with Crippen LogP contribution in [0.5, 0.6) is 0 Å². The van der Waals surface area contributed by atoms with E-state index < -0.39 is 0 Å². The highest BCUT2D eigenvalue weighted by Crippen LogP contribution is 2.19. The summed E-state index contributed by atoms with van der Waals surface area (Å²) in [4.78, 5) is 19.3. The van der Waals surface area contributed by atoms with Crippen LogP contribution >= 0.6 is 0 Å². The minimum Gasteiger partial charge on any atom is -0.386 e. The summed E-state index contributed by atoms with van der Waals surface area (Å²) in [6.45, 7) is 5.14. The number of carbonyl (C=O) groups excluding carboxylic acids is 1. The summed E-state index contributed by atoms with van der Waals surface area (Å²) in [5, 5.41) is 6.66. The van der Waals surface area contributed by atoms with Gasteiger partial charge in [-0.25, -0.2) is 0 Å². The Balaban J connectivity index is 1.45. The molecule has 0 spiro atoms. The normalized spacial score (nSPS) is 14.4. The molecule has 1 amide bonds. The predicted octanol–water partition coefficient (Wildman–Crippen LogP) is 2.82. The molecule has 26 heavy (non-hydrogen) atoms. The molecule has 3 rings (SSSR count). The molecule has 1 aliphatic rings. The molecular weight excluding hydrogens is 330 g/mol. The van der Waals surface area contributed by atoms with E-state index in [-0.39, 0.29) is 12.5 Å². The van der Waals surface area contributed by atoms with Crippen molar-refractivity contribution in [3.05, 3.63) is 59.7 Å². The smallest absolute Gasteiger partial charge is 0.265 e. The van der Waals surface area contributed by atoms with Crippen LogP contribution in [0.1, 0.15) is 11.1 Å². The highest BCUT2D eigenvalue weighted by Gasteiger charge is 2.11. The lowest BCUT2D eigenvalue weighted by atomic mass is 10.1. The summed E-state index contributed by atoms with van der Waals surface area (Å²) in [6, 6.07) is 15.6. The minimum absolute atomic E-state index is 0.131. The molecule has 0 radical (unpaired) electrons. The highest BCUT2D eigenvalue weighted by atomic mass is 16.6. The van der Waals surface area contributed by atoms with Gasteiger partial charge in [0.05, 0.1) is 19.4 Å². The zero-order valence-corrected chi connectivity index (χ0v) is 14.9. The number of ether oxygens (including phenoxy) is 1. The first-order valence-electron chi connectivity index (χ1n) is 8.66. The van der Waals surface area contributed by atoms with Gasteiger partial charge >= 0.3 is 0 Å². The van der Waals surface area contributed by atoms with Crippen molar-refractivity contribution in [1.29, 1.82) is 0 Å². The van der Waals surface area contributed by atoms with E-state index in [1.54, 1.807) is 6.21 Å². The number of amides is 1. The number of nitrogens with one attached hydrogen (secondary N) is 1. The standard InChI is InChI=1S/C20H23N3O3/c1-16-4-2-3-5-17(16)14-21-26-15-20(24)22-18-6-8-19(9-7-18)23-10-12-25-13-11-23/h2-9,14H,10-13,15H2,1H3,(H,22,24)/b21-14+. The Morgan fingerprint density at radius 2 is 1.92 bits per heavy atom. The second-order valence-electron chi connectivity index (χ2n) is 6.06. The van der Waals surface area contributed by atoms with Gasteiger partial charge < -0.3 is 19.8 Å². The zero-order chi connectivity index (χ0) is 18.2. The molecule has 6 nitrogen and oxygen atoms in total. The topological polar surface area (TPSA) is 63.2 Å². The van der Waals surface area contributed by atoms with Crippen molar-refractivity contribution >= 4 is 23.5 Å². The van der Waals surface area contributed by atoms with Gasteiger partial charge in [-0.15, -0.1) is 0 Å². The monoisotopic (exact) mass is 353 g/mol. The fourth-order valence-corrected chi connectivity index (χ4v) is 2.70. The van der Waals surface area contributed by atoms with Gasteiger partial charge in [0.1, 0.15) is 0 Å². The summed E-state index contributed by atoms with van der Waals surface area (Å²) in [5.74, 6) is -0.244. The first-order chi connectivity index (χ1) is 12.7. The lowest BCUT2D eigenvalue weighted by Crippen LogP contribution is -2.36. The van der Waals surface area contributed by atoms with E-state index >= 15 is 0 Å². The van der Waals surface area contributed by atoms with Crippen molar-refractivity contribution < 1.29 is 14.4 Å². The van der Waals surface area contributed by atoms with E-state index in [0.717, 1.165) is 48.8 Å². The number of oxime groups is 1. The van der Waals surface area contributed by atoms with E-state index in [1.807, 2.05) is 55.5 Å². The molecule has 0 saturated carbocycles. The average molecular weight is 353 g/mol. The van der Waals surface area contributed by atoms with Crippen molar-refractivity contribution in [3.63, 3.8) is 0 Å². The van der Waals surface area contributed by atoms with E-state index in [9.17, 15) is 4.79 Å².